The van der Waals surface area contributed by atoms with Crippen LogP contribution >= 0.6 is 0 Å². The normalized spacial score (nSPS) is 11.3. The number of aromatic nitrogens is 2. The molecule has 5 aromatic rings. The summed E-state index contributed by atoms with van der Waals surface area (Å²) in [4.78, 5) is 14.5. The Morgan fingerprint density at radius 2 is 1.47 bits per heavy atom. The molecule has 0 fully saturated rings. The van der Waals surface area contributed by atoms with Crippen molar-refractivity contribution in [3.63, 3.8) is 0 Å². The fourth-order valence-corrected chi connectivity index (χ4v) is 5.29. The highest BCUT2D eigenvalue weighted by Gasteiger charge is 2.34. The van der Waals surface area contributed by atoms with Crippen LogP contribution in [0.15, 0.2) is 78.9 Å². The molecule has 0 spiro atoms. The number of nitrogens with one attached hydrogen (secondary N) is 1. The van der Waals surface area contributed by atoms with E-state index < -0.39 is 46.8 Å². The minimum atomic E-state index is -4.74. The Morgan fingerprint density at radius 1 is 0.851 bits per heavy atom. The molecule has 0 saturated carbocycles. The molecule has 0 bridgehead atoms. The van der Waals surface area contributed by atoms with Crippen molar-refractivity contribution in [3.05, 3.63) is 119 Å². The first-order valence-corrected chi connectivity index (χ1v) is 15.0. The molecule has 242 valence electrons. The molecule has 1 aromatic heterocycles. The van der Waals surface area contributed by atoms with Gasteiger partial charge in [-0.15, -0.1) is 0 Å². The minimum absolute atomic E-state index is 0.108. The molecule has 47 heavy (non-hydrogen) atoms. The lowest BCUT2D eigenvalue weighted by molar-refractivity contribution is -0.136. The topological polar surface area (TPSA) is 50.2 Å². The Kier molecular flexibility index (Phi) is 9.89. The number of amides is 2. The Hall–Kier alpha value is -5.24. The van der Waals surface area contributed by atoms with Crippen LogP contribution < -0.4 is 5.32 Å². The molecule has 1 heterocycles. The maximum atomic E-state index is 14.6. The summed E-state index contributed by atoms with van der Waals surface area (Å²) >= 11 is 0. The van der Waals surface area contributed by atoms with Crippen LogP contribution in [-0.2, 0) is 12.7 Å². The molecular formula is C36H30F6N4O. The van der Waals surface area contributed by atoms with Gasteiger partial charge in [0.05, 0.1) is 17.8 Å². The molecule has 0 aliphatic carbocycles. The van der Waals surface area contributed by atoms with Gasteiger partial charge in [0.1, 0.15) is 23.0 Å². The van der Waals surface area contributed by atoms with E-state index in [4.69, 9.17) is 0 Å². The number of anilines is 1. The molecule has 0 radical (unpaired) electrons. The molecule has 0 unspecified atom stereocenters. The van der Waals surface area contributed by atoms with E-state index in [0.717, 1.165) is 23.6 Å². The lowest BCUT2D eigenvalue weighted by Crippen LogP contribution is -2.36. The fourth-order valence-electron chi connectivity index (χ4n) is 5.29. The summed E-state index contributed by atoms with van der Waals surface area (Å²) in [6.45, 7) is 4.68. The van der Waals surface area contributed by atoms with E-state index in [1.165, 1.54) is 12.1 Å². The Morgan fingerprint density at radius 3 is 2.11 bits per heavy atom. The number of fused-ring (bicyclic) bond motifs is 1. The zero-order valence-corrected chi connectivity index (χ0v) is 25.6. The van der Waals surface area contributed by atoms with Crippen molar-refractivity contribution in [2.24, 2.45) is 0 Å². The molecular weight excluding hydrogens is 618 g/mol. The predicted octanol–water partition coefficient (Wildman–Crippen LogP) is 9.24. The highest BCUT2D eigenvalue weighted by Crippen LogP contribution is 2.38. The number of nitrogens with zero attached hydrogens (tertiary/aromatic N) is 3. The Labute approximate surface area is 267 Å². The van der Waals surface area contributed by atoms with Gasteiger partial charge in [-0.05, 0) is 49.2 Å². The number of urea groups is 1. The van der Waals surface area contributed by atoms with Crippen LogP contribution in [0.4, 0.5) is 36.8 Å². The number of alkyl halides is 3. The van der Waals surface area contributed by atoms with Crippen LogP contribution in [0.2, 0.25) is 0 Å². The number of rotatable bonds is 8. The van der Waals surface area contributed by atoms with Crippen LogP contribution in [0.1, 0.15) is 48.9 Å². The summed E-state index contributed by atoms with van der Waals surface area (Å²) in [5.41, 5.74) is 0.295. The van der Waals surface area contributed by atoms with Crippen molar-refractivity contribution in [3.8, 4) is 23.1 Å². The predicted molar refractivity (Wildman–Crippen MR) is 169 cm³/mol. The van der Waals surface area contributed by atoms with Crippen molar-refractivity contribution >= 4 is 22.6 Å². The van der Waals surface area contributed by atoms with Gasteiger partial charge in [0.25, 0.3) is 0 Å². The third-order valence-corrected chi connectivity index (χ3v) is 7.36. The molecule has 1 N–H and O–H groups in total. The monoisotopic (exact) mass is 648 g/mol. The number of hydrogen-bond donors (Lipinski definition) is 1. The quantitative estimate of drug-likeness (QED) is 0.135. The summed E-state index contributed by atoms with van der Waals surface area (Å²) in [7, 11) is 0. The maximum absolute atomic E-state index is 14.6. The summed E-state index contributed by atoms with van der Waals surface area (Å²) in [6, 6.07) is 18.0. The van der Waals surface area contributed by atoms with Crippen LogP contribution in [0, 0.1) is 29.3 Å². The molecule has 0 aliphatic heterocycles. The van der Waals surface area contributed by atoms with E-state index in [2.05, 4.69) is 22.3 Å². The van der Waals surface area contributed by atoms with Gasteiger partial charge in [-0.2, -0.15) is 18.3 Å². The lowest BCUT2D eigenvalue weighted by Gasteiger charge is -2.21. The molecule has 4 aromatic carbocycles. The molecule has 5 rings (SSSR count). The summed E-state index contributed by atoms with van der Waals surface area (Å²) in [5.74, 6) is 2.59. The smallest absolute Gasteiger partial charge is 0.325 e. The van der Waals surface area contributed by atoms with Crippen molar-refractivity contribution in [1.29, 1.82) is 0 Å². The average molecular weight is 649 g/mol. The molecule has 5 nitrogen and oxygen atoms in total. The first-order valence-electron chi connectivity index (χ1n) is 15.0. The zero-order chi connectivity index (χ0) is 33.7. The molecule has 11 heteroatoms. The van der Waals surface area contributed by atoms with E-state index in [-0.39, 0.29) is 17.1 Å². The largest absolute Gasteiger partial charge is 0.418 e. The maximum Gasteiger partial charge on any atom is 0.418 e. The Bertz CT molecular complexity index is 1960. The zero-order valence-electron chi connectivity index (χ0n) is 25.6. The second-order valence-corrected chi connectivity index (χ2v) is 10.9. The van der Waals surface area contributed by atoms with E-state index in [1.54, 1.807) is 53.4 Å². The number of benzene rings is 4. The van der Waals surface area contributed by atoms with Gasteiger partial charge in [-0.3, -0.25) is 4.68 Å². The van der Waals surface area contributed by atoms with E-state index in [9.17, 15) is 31.1 Å². The van der Waals surface area contributed by atoms with Crippen molar-refractivity contribution < 1.29 is 31.1 Å². The fraction of sp³-hybridized carbons (Fsp3) is 0.222. The standard InChI is InChI=1S/C36H30F6N4O/c1-3-16-45(17-4-2)35(47)43-27-11-6-9-24(19-27)15-14-23-8-5-10-25(18-23)34-28-12-7-13-30(36(40,41)42)33(28)44-46(34)22-29-31(38)20-26(37)21-32(29)39/h5-13,18-21H,3-4,16-17,22H2,1-2H3,(H,43,47). The summed E-state index contributed by atoms with van der Waals surface area (Å²) in [6.07, 6.45) is -3.08. The lowest BCUT2D eigenvalue weighted by atomic mass is 10.0. The highest BCUT2D eigenvalue weighted by atomic mass is 19.4. The average Bonchev–Trinajstić information content (AvgIpc) is 3.39. The Balaban J connectivity index is 1.52. The van der Waals surface area contributed by atoms with Crippen molar-refractivity contribution in [2.45, 2.75) is 39.4 Å². The minimum Gasteiger partial charge on any atom is -0.325 e. The number of hydrogen-bond acceptors (Lipinski definition) is 2. The van der Waals surface area contributed by atoms with E-state index in [0.29, 0.717) is 47.6 Å². The van der Waals surface area contributed by atoms with Crippen LogP contribution in [0.25, 0.3) is 22.2 Å². The van der Waals surface area contributed by atoms with Gasteiger partial charge in [0, 0.05) is 58.5 Å². The van der Waals surface area contributed by atoms with E-state index in [1.807, 2.05) is 13.8 Å². The first kappa shape index (κ1) is 33.1. The SMILES string of the molecule is CCCN(CCC)C(=O)Nc1cccc(C#Cc2cccc(-c3c4cccc(C(F)(F)F)c4nn3Cc3c(F)cc(F)cc3F)c2)c1. The molecule has 0 aliphatic rings. The van der Waals surface area contributed by atoms with Crippen molar-refractivity contribution in [1.82, 2.24) is 14.7 Å². The summed E-state index contributed by atoms with van der Waals surface area (Å²) < 4.78 is 85.8. The van der Waals surface area contributed by atoms with Crippen LogP contribution in [0.3, 0.4) is 0 Å². The third kappa shape index (κ3) is 7.60. The molecule has 0 saturated heterocycles. The van der Waals surface area contributed by atoms with Gasteiger partial charge in [0.2, 0.25) is 0 Å². The van der Waals surface area contributed by atoms with Gasteiger partial charge in [-0.25, -0.2) is 18.0 Å². The second-order valence-electron chi connectivity index (χ2n) is 10.9. The number of carbonyl (C=O) groups excluding carboxylic acids is 1. The third-order valence-electron chi connectivity index (χ3n) is 7.36. The first-order chi connectivity index (χ1) is 22.5. The highest BCUT2D eigenvalue weighted by molar-refractivity contribution is 5.95. The van der Waals surface area contributed by atoms with Crippen molar-refractivity contribution in [2.75, 3.05) is 18.4 Å². The van der Waals surface area contributed by atoms with Gasteiger partial charge < -0.3 is 10.2 Å². The second kappa shape index (κ2) is 14.0. The number of halogens is 6. The summed E-state index contributed by atoms with van der Waals surface area (Å²) in [5, 5.41) is 7.15. The molecule has 2 amide bonds. The van der Waals surface area contributed by atoms with Gasteiger partial charge in [-0.1, -0.05) is 56.0 Å². The van der Waals surface area contributed by atoms with Crippen LogP contribution in [-0.4, -0.2) is 33.8 Å². The number of carbonyl (C=O) groups is 1. The van der Waals surface area contributed by atoms with Gasteiger partial charge >= 0.3 is 12.2 Å². The van der Waals surface area contributed by atoms with E-state index >= 15 is 0 Å². The molecule has 0 atom stereocenters. The van der Waals surface area contributed by atoms with Crippen LogP contribution in [0.5, 0.6) is 0 Å². The van der Waals surface area contributed by atoms with Gasteiger partial charge in [0.15, 0.2) is 0 Å².